The van der Waals surface area contributed by atoms with Gasteiger partial charge in [-0.25, -0.2) is 14.3 Å². The monoisotopic (exact) mass is 514 g/mol. The van der Waals surface area contributed by atoms with Gasteiger partial charge in [0.25, 0.3) is 0 Å². The zero-order valence-corrected chi connectivity index (χ0v) is 21.3. The Bertz CT molecular complexity index is 1600. The maximum Gasteiger partial charge on any atom is 0.333 e. The molecule has 1 amide bonds. The van der Waals surface area contributed by atoms with Crippen molar-refractivity contribution in [2.24, 2.45) is 0 Å². The summed E-state index contributed by atoms with van der Waals surface area (Å²) in [6.07, 6.45) is 3.89. The summed E-state index contributed by atoms with van der Waals surface area (Å²) in [5.74, 6) is 0.619. The van der Waals surface area contributed by atoms with Crippen molar-refractivity contribution in [1.82, 2.24) is 14.0 Å². The molecule has 36 heavy (non-hydrogen) atoms. The van der Waals surface area contributed by atoms with Crippen LogP contribution in [0.2, 0.25) is 10.0 Å². The summed E-state index contributed by atoms with van der Waals surface area (Å²) in [5, 5.41) is 3.83. The third-order valence-corrected chi connectivity index (χ3v) is 7.48. The molecule has 0 aliphatic carbocycles. The molecule has 0 atom stereocenters. The van der Waals surface area contributed by atoms with Gasteiger partial charge >= 0.3 is 6.03 Å². The largest absolute Gasteiger partial charge is 0.333 e. The van der Waals surface area contributed by atoms with Gasteiger partial charge in [0.05, 0.1) is 32.8 Å². The maximum atomic E-state index is 13.9. The van der Waals surface area contributed by atoms with Crippen LogP contribution in [0.3, 0.4) is 0 Å². The molecular formula is C29H24Cl2N4O. The van der Waals surface area contributed by atoms with Crippen molar-refractivity contribution in [3.63, 3.8) is 0 Å². The molecule has 7 heteroatoms. The van der Waals surface area contributed by atoms with Gasteiger partial charge in [0.15, 0.2) is 0 Å². The molecule has 0 saturated heterocycles. The highest BCUT2D eigenvalue weighted by molar-refractivity contribution is 6.42. The summed E-state index contributed by atoms with van der Waals surface area (Å²) in [6, 6.07) is 23.3. The van der Waals surface area contributed by atoms with Crippen molar-refractivity contribution in [2.75, 3.05) is 5.32 Å². The number of rotatable bonds is 3. The van der Waals surface area contributed by atoms with Crippen LogP contribution in [0.4, 0.5) is 10.5 Å². The molecule has 0 fully saturated rings. The van der Waals surface area contributed by atoms with Crippen molar-refractivity contribution < 1.29 is 4.79 Å². The van der Waals surface area contributed by atoms with Crippen molar-refractivity contribution in [3.05, 3.63) is 99.8 Å². The number of hydrogen-bond acceptors (Lipinski definition) is 2. The molecule has 0 radical (unpaired) electrons. The van der Waals surface area contributed by atoms with Crippen LogP contribution in [-0.4, -0.2) is 20.0 Å². The van der Waals surface area contributed by atoms with Crippen LogP contribution in [-0.2, 0) is 12.8 Å². The normalized spacial score (nSPS) is 13.1. The predicted molar refractivity (Wildman–Crippen MR) is 146 cm³/mol. The zero-order valence-electron chi connectivity index (χ0n) is 19.8. The van der Waals surface area contributed by atoms with Gasteiger partial charge in [0.1, 0.15) is 0 Å². The van der Waals surface area contributed by atoms with Crippen LogP contribution in [0.25, 0.3) is 28.3 Å². The number of amides is 1. The van der Waals surface area contributed by atoms with E-state index in [0.29, 0.717) is 21.5 Å². The molecule has 5 aromatic rings. The molecule has 3 heterocycles. The summed E-state index contributed by atoms with van der Waals surface area (Å²) in [6.45, 7) is 2.06. The standard InChI is InChI=1S/C29H24Cl2N4O/c1-18-11-13-20(14-12-18)27-25-10-6-5-9-24-26(19-7-3-2-4-8-19)33-28(34(24)25)35(27)29(36)32-21-15-16-22(30)23(31)17-21/h2-4,7-8,11-17H,5-6,9-10H2,1H3,(H,32,36). The van der Waals surface area contributed by atoms with E-state index in [1.165, 1.54) is 5.56 Å². The number of nitrogens with zero attached hydrogens (tertiary/aromatic N) is 3. The second-order valence-corrected chi connectivity index (χ2v) is 9.99. The first-order valence-corrected chi connectivity index (χ1v) is 12.8. The van der Waals surface area contributed by atoms with Crippen LogP contribution in [0, 0.1) is 6.92 Å². The lowest BCUT2D eigenvalue weighted by Gasteiger charge is -2.12. The third-order valence-electron chi connectivity index (χ3n) is 6.75. The topological polar surface area (TPSA) is 51.3 Å². The quantitative estimate of drug-likeness (QED) is 0.264. The summed E-state index contributed by atoms with van der Waals surface area (Å²) >= 11 is 12.3. The summed E-state index contributed by atoms with van der Waals surface area (Å²) in [4.78, 5) is 19.0. The minimum atomic E-state index is -0.294. The summed E-state index contributed by atoms with van der Waals surface area (Å²) in [5.41, 5.74) is 7.84. The highest BCUT2D eigenvalue weighted by Crippen LogP contribution is 2.37. The molecule has 5 nitrogen and oxygen atoms in total. The Hall–Kier alpha value is -3.54. The average Bonchev–Trinajstić information content (AvgIpc) is 3.30. The number of hydrogen-bond donors (Lipinski definition) is 1. The summed E-state index contributed by atoms with van der Waals surface area (Å²) < 4.78 is 3.92. The van der Waals surface area contributed by atoms with E-state index in [0.717, 1.165) is 59.6 Å². The first-order valence-electron chi connectivity index (χ1n) is 12.0. The smallest absolute Gasteiger partial charge is 0.307 e. The molecule has 6 rings (SSSR count). The molecule has 2 aromatic heterocycles. The molecule has 0 spiro atoms. The fraction of sp³-hybridized carbons (Fsp3) is 0.172. The fourth-order valence-corrected chi connectivity index (χ4v) is 5.33. The van der Waals surface area contributed by atoms with Gasteiger partial charge in [-0.1, -0.05) is 83.4 Å². The lowest BCUT2D eigenvalue weighted by molar-refractivity contribution is 0.254. The van der Waals surface area contributed by atoms with E-state index < -0.39 is 0 Å². The summed E-state index contributed by atoms with van der Waals surface area (Å²) in [7, 11) is 0. The van der Waals surface area contributed by atoms with Crippen LogP contribution in [0.1, 0.15) is 29.8 Å². The van der Waals surface area contributed by atoms with Gasteiger partial charge in [-0.2, -0.15) is 0 Å². The number of aromatic nitrogens is 3. The first kappa shape index (κ1) is 22.9. The fourth-order valence-electron chi connectivity index (χ4n) is 5.03. The Morgan fingerprint density at radius 2 is 1.58 bits per heavy atom. The maximum absolute atomic E-state index is 13.9. The SMILES string of the molecule is Cc1ccc(-c2c3n4c(c(-c5ccccc5)nc4n2C(=O)Nc2ccc(Cl)c(Cl)c2)CCCC3)cc1. The first-order chi connectivity index (χ1) is 17.5. The lowest BCUT2D eigenvalue weighted by Crippen LogP contribution is -2.21. The van der Waals surface area contributed by atoms with Crippen LogP contribution >= 0.6 is 23.2 Å². The molecule has 3 aromatic carbocycles. The van der Waals surface area contributed by atoms with Crippen molar-refractivity contribution >= 4 is 40.7 Å². The minimum Gasteiger partial charge on any atom is -0.307 e. The Kier molecular flexibility index (Phi) is 5.82. The van der Waals surface area contributed by atoms with Gasteiger partial charge in [-0.15, -0.1) is 0 Å². The second kappa shape index (κ2) is 9.16. The van der Waals surface area contributed by atoms with E-state index in [9.17, 15) is 4.79 Å². The molecule has 1 N–H and O–H groups in total. The number of benzene rings is 3. The van der Waals surface area contributed by atoms with Gasteiger partial charge in [-0.3, -0.25) is 4.40 Å². The number of halogens is 2. The number of nitrogens with one attached hydrogen (secondary N) is 1. The number of imidazole rings is 2. The van der Waals surface area contributed by atoms with Crippen LogP contribution in [0.5, 0.6) is 0 Å². The molecule has 0 saturated carbocycles. The van der Waals surface area contributed by atoms with Crippen LogP contribution in [0.15, 0.2) is 72.8 Å². The van der Waals surface area contributed by atoms with Gasteiger partial charge < -0.3 is 5.32 Å². The van der Waals surface area contributed by atoms with Crippen molar-refractivity contribution in [1.29, 1.82) is 0 Å². The molecule has 180 valence electrons. The highest BCUT2D eigenvalue weighted by atomic mass is 35.5. The van der Waals surface area contributed by atoms with E-state index in [2.05, 4.69) is 53.0 Å². The van der Waals surface area contributed by atoms with Gasteiger partial charge in [0.2, 0.25) is 5.78 Å². The number of carbonyl (C=O) groups is 1. The van der Waals surface area contributed by atoms with Gasteiger partial charge in [-0.05, 0) is 50.8 Å². The Morgan fingerprint density at radius 1 is 0.861 bits per heavy atom. The second-order valence-electron chi connectivity index (χ2n) is 9.17. The molecule has 0 unspecified atom stereocenters. The van der Waals surface area contributed by atoms with Crippen LogP contribution < -0.4 is 5.32 Å². The lowest BCUT2D eigenvalue weighted by atomic mass is 10.0. The number of anilines is 1. The molecular weight excluding hydrogens is 491 g/mol. The predicted octanol–water partition coefficient (Wildman–Crippen LogP) is 8.04. The minimum absolute atomic E-state index is 0.294. The molecule has 1 aliphatic rings. The third kappa shape index (κ3) is 3.89. The van der Waals surface area contributed by atoms with E-state index in [1.807, 2.05) is 18.2 Å². The number of aryl methyl sites for hydroxylation is 3. The molecule has 0 bridgehead atoms. The molecule has 1 aliphatic heterocycles. The Morgan fingerprint density at radius 3 is 2.31 bits per heavy atom. The van der Waals surface area contributed by atoms with E-state index in [1.54, 1.807) is 22.8 Å². The number of carbonyl (C=O) groups excluding carboxylic acids is 1. The zero-order chi connectivity index (χ0) is 24.8. The van der Waals surface area contributed by atoms with Crippen molar-refractivity contribution in [2.45, 2.75) is 32.6 Å². The average molecular weight is 515 g/mol. The van der Waals surface area contributed by atoms with E-state index in [-0.39, 0.29) is 6.03 Å². The van der Waals surface area contributed by atoms with E-state index in [4.69, 9.17) is 28.2 Å². The van der Waals surface area contributed by atoms with Gasteiger partial charge in [0, 0.05) is 16.8 Å². The van der Waals surface area contributed by atoms with Crippen molar-refractivity contribution in [3.8, 4) is 22.5 Å². The Labute approximate surface area is 219 Å². The Balaban J connectivity index is 1.60. The highest BCUT2D eigenvalue weighted by Gasteiger charge is 2.29. The van der Waals surface area contributed by atoms with E-state index >= 15 is 0 Å².